The van der Waals surface area contributed by atoms with Crippen molar-refractivity contribution in [3.05, 3.63) is 33.4 Å². The maximum Gasteiger partial charge on any atom is 0.317 e. The van der Waals surface area contributed by atoms with Crippen molar-refractivity contribution in [3.63, 3.8) is 0 Å². The van der Waals surface area contributed by atoms with Crippen LogP contribution in [0.5, 0.6) is 0 Å². The number of hydrogen-bond donors (Lipinski definition) is 2. The third-order valence-electron chi connectivity index (χ3n) is 4.66. The molecule has 0 radical (unpaired) electrons. The Morgan fingerprint density at radius 2 is 2.00 bits per heavy atom. The minimum Gasteiger partial charge on any atom is -0.480 e. The molecule has 1 fully saturated rings. The molecule has 0 unspecified atom stereocenters. The quantitative estimate of drug-likeness (QED) is 0.511. The minimum atomic E-state index is -3.90. The van der Waals surface area contributed by atoms with Crippen molar-refractivity contribution in [3.8, 4) is 0 Å². The fourth-order valence-electron chi connectivity index (χ4n) is 3.21. The van der Waals surface area contributed by atoms with Gasteiger partial charge in [-0.05, 0) is 44.9 Å². The maximum atomic E-state index is 12.7. The zero-order valence-corrected chi connectivity index (χ0v) is 15.7. The van der Waals surface area contributed by atoms with E-state index in [9.17, 15) is 23.3 Å². The molecule has 0 spiro atoms. The minimum absolute atomic E-state index is 0.0109. The summed E-state index contributed by atoms with van der Waals surface area (Å²) in [6.45, 7) is 5.37. The molecule has 1 aliphatic rings. The lowest BCUT2D eigenvalue weighted by Gasteiger charge is -2.42. The number of hydrogen-bond acceptors (Lipinski definition) is 6. The van der Waals surface area contributed by atoms with Crippen LogP contribution in [0.2, 0.25) is 0 Å². The molecular weight excluding hydrogens is 362 g/mol. The first-order chi connectivity index (χ1) is 12.0. The molecule has 9 nitrogen and oxygen atoms in total. The number of nitrogens with zero attached hydrogens (tertiary/aromatic N) is 2. The van der Waals surface area contributed by atoms with Gasteiger partial charge in [-0.3, -0.25) is 19.8 Å². The Bertz CT molecular complexity index is 818. The van der Waals surface area contributed by atoms with E-state index in [1.807, 2.05) is 6.92 Å². The molecule has 0 atom stereocenters. The number of carboxylic acids is 1. The van der Waals surface area contributed by atoms with Crippen LogP contribution in [0.3, 0.4) is 0 Å². The highest BCUT2D eigenvalue weighted by Crippen LogP contribution is 2.30. The van der Waals surface area contributed by atoms with Crippen LogP contribution in [0.4, 0.5) is 5.69 Å². The number of rotatable bonds is 8. The van der Waals surface area contributed by atoms with Crippen LogP contribution in [0, 0.1) is 24.0 Å². The smallest absolute Gasteiger partial charge is 0.317 e. The highest BCUT2D eigenvalue weighted by molar-refractivity contribution is 7.89. The Hall–Kier alpha value is -2.04. The van der Waals surface area contributed by atoms with Crippen molar-refractivity contribution in [2.45, 2.75) is 50.6 Å². The van der Waals surface area contributed by atoms with Gasteiger partial charge >= 0.3 is 5.97 Å². The van der Waals surface area contributed by atoms with Gasteiger partial charge in [-0.1, -0.05) is 6.92 Å². The van der Waals surface area contributed by atoms with Crippen LogP contribution in [0.1, 0.15) is 30.9 Å². The Kier molecular flexibility index (Phi) is 5.99. The van der Waals surface area contributed by atoms with Gasteiger partial charge in [-0.25, -0.2) is 13.1 Å². The lowest BCUT2D eigenvalue weighted by Crippen LogP contribution is -2.54. The highest BCUT2D eigenvalue weighted by Gasteiger charge is 2.37. The molecule has 2 N–H and O–H groups in total. The summed E-state index contributed by atoms with van der Waals surface area (Å²) >= 11 is 0. The fraction of sp³-hybridized carbons (Fsp3) is 0.562. The van der Waals surface area contributed by atoms with Gasteiger partial charge in [-0.15, -0.1) is 0 Å². The highest BCUT2D eigenvalue weighted by atomic mass is 32.2. The van der Waals surface area contributed by atoms with E-state index in [0.29, 0.717) is 24.9 Å². The number of nitro benzene ring substituents is 1. The summed E-state index contributed by atoms with van der Waals surface area (Å²) in [6, 6.07) is 2.46. The van der Waals surface area contributed by atoms with Crippen molar-refractivity contribution in [1.82, 2.24) is 9.62 Å². The molecule has 0 bridgehead atoms. The van der Waals surface area contributed by atoms with Crippen molar-refractivity contribution in [1.29, 1.82) is 0 Å². The van der Waals surface area contributed by atoms with Gasteiger partial charge in [0, 0.05) is 23.7 Å². The van der Waals surface area contributed by atoms with Crippen LogP contribution in [-0.4, -0.2) is 54.5 Å². The second-order valence-electron chi connectivity index (χ2n) is 6.56. The van der Waals surface area contributed by atoms with E-state index in [1.54, 1.807) is 11.8 Å². The molecule has 1 aromatic rings. The average Bonchev–Trinajstić information content (AvgIpc) is 2.49. The van der Waals surface area contributed by atoms with Crippen LogP contribution in [-0.2, 0) is 14.8 Å². The van der Waals surface area contributed by atoms with Crippen LogP contribution >= 0.6 is 0 Å². The third-order valence-corrected chi connectivity index (χ3v) is 6.31. The van der Waals surface area contributed by atoms with E-state index in [-0.39, 0.29) is 34.8 Å². The third kappa shape index (κ3) is 4.37. The molecule has 26 heavy (non-hydrogen) atoms. The first-order valence-electron chi connectivity index (χ1n) is 8.29. The van der Waals surface area contributed by atoms with Gasteiger partial charge in [0.05, 0.1) is 16.4 Å². The van der Waals surface area contributed by atoms with Crippen LogP contribution < -0.4 is 4.72 Å². The Morgan fingerprint density at radius 3 is 2.50 bits per heavy atom. The number of nitro groups is 1. The van der Waals surface area contributed by atoms with Gasteiger partial charge in [0.1, 0.15) is 0 Å². The average molecular weight is 385 g/mol. The molecule has 1 aromatic carbocycles. The topological polar surface area (TPSA) is 130 Å². The summed E-state index contributed by atoms with van der Waals surface area (Å²) in [5, 5.41) is 20.0. The van der Waals surface area contributed by atoms with E-state index < -0.39 is 20.9 Å². The molecule has 2 rings (SSSR count). The summed E-state index contributed by atoms with van der Waals surface area (Å²) < 4.78 is 27.9. The van der Waals surface area contributed by atoms with Gasteiger partial charge < -0.3 is 5.11 Å². The predicted molar refractivity (Wildman–Crippen MR) is 94.6 cm³/mol. The number of nitrogens with one attached hydrogen (secondary N) is 1. The molecule has 144 valence electrons. The summed E-state index contributed by atoms with van der Waals surface area (Å²) in [7, 11) is -3.90. The second-order valence-corrected chi connectivity index (χ2v) is 8.25. The van der Waals surface area contributed by atoms with E-state index in [2.05, 4.69) is 4.72 Å². The van der Waals surface area contributed by atoms with E-state index in [4.69, 9.17) is 5.11 Å². The Balaban J connectivity index is 2.12. The first kappa shape index (κ1) is 20.3. The molecule has 0 heterocycles. The number of aryl methyl sites for hydroxylation is 1. The SMILES string of the molecule is CCN(CC(=O)O)C1CC(NS(=O)(=O)c2cc(C)cc([N+](=O)[O-])c2C)C1. The van der Waals surface area contributed by atoms with Crippen molar-refractivity contribution in [2.24, 2.45) is 0 Å². The normalized spacial score (nSPS) is 20.0. The second kappa shape index (κ2) is 7.68. The van der Waals surface area contributed by atoms with Crippen molar-refractivity contribution < 1.29 is 23.2 Å². The monoisotopic (exact) mass is 385 g/mol. The van der Waals surface area contributed by atoms with Gasteiger partial charge in [0.25, 0.3) is 5.69 Å². The standard InChI is InChI=1S/C16H23N3O6S/c1-4-18(9-16(20)21)13-7-12(8-13)17-26(24,25)15-6-10(2)5-14(11(15)3)19(22)23/h5-6,12-13,17H,4,7-9H2,1-3H3,(H,20,21). The lowest BCUT2D eigenvalue weighted by molar-refractivity contribution is -0.385. The Labute approximate surface area is 152 Å². The van der Waals surface area contributed by atoms with Crippen LogP contribution in [0.25, 0.3) is 0 Å². The van der Waals surface area contributed by atoms with Gasteiger partial charge in [-0.2, -0.15) is 0 Å². The van der Waals surface area contributed by atoms with Gasteiger partial charge in [0.15, 0.2) is 0 Å². The van der Waals surface area contributed by atoms with E-state index in [1.165, 1.54) is 19.1 Å². The number of sulfonamides is 1. The molecule has 1 aliphatic carbocycles. The predicted octanol–water partition coefficient (Wildman–Crippen LogP) is 1.43. The van der Waals surface area contributed by atoms with E-state index in [0.717, 1.165) is 0 Å². The number of aliphatic carboxylic acids is 1. The molecule has 0 aliphatic heterocycles. The van der Waals surface area contributed by atoms with Crippen LogP contribution in [0.15, 0.2) is 17.0 Å². The molecule has 0 amide bonds. The summed E-state index contributed by atoms with van der Waals surface area (Å²) in [6.07, 6.45) is 1.01. The molecule has 0 aromatic heterocycles. The van der Waals surface area contributed by atoms with Crippen molar-refractivity contribution in [2.75, 3.05) is 13.1 Å². The molecule has 1 saturated carbocycles. The van der Waals surface area contributed by atoms with Gasteiger partial charge in [0.2, 0.25) is 10.0 Å². The molecular formula is C16H23N3O6S. The van der Waals surface area contributed by atoms with E-state index >= 15 is 0 Å². The number of benzene rings is 1. The fourth-order valence-corrected chi connectivity index (χ4v) is 4.82. The number of carbonyl (C=O) groups is 1. The molecule has 10 heteroatoms. The summed E-state index contributed by atoms with van der Waals surface area (Å²) in [5.41, 5.74) is 0.369. The zero-order chi connectivity index (χ0) is 19.6. The zero-order valence-electron chi connectivity index (χ0n) is 14.9. The summed E-state index contributed by atoms with van der Waals surface area (Å²) in [4.78, 5) is 23.1. The first-order valence-corrected chi connectivity index (χ1v) is 9.77. The number of carboxylic acid groups (broad SMARTS) is 1. The Morgan fingerprint density at radius 1 is 1.38 bits per heavy atom. The maximum absolute atomic E-state index is 12.7. The lowest BCUT2D eigenvalue weighted by atomic mass is 9.86. The van der Waals surface area contributed by atoms with Crippen molar-refractivity contribution >= 4 is 21.7 Å². The molecule has 0 saturated heterocycles. The largest absolute Gasteiger partial charge is 0.480 e. The number of likely N-dealkylation sites (N-methyl/N-ethyl adjacent to an activating group) is 1. The summed E-state index contributed by atoms with van der Waals surface area (Å²) in [5.74, 6) is -0.918.